The van der Waals surface area contributed by atoms with Gasteiger partial charge in [0.1, 0.15) is 0 Å². The third-order valence-corrected chi connectivity index (χ3v) is 14.3. The van der Waals surface area contributed by atoms with E-state index < -0.39 is 23.8 Å². The van der Waals surface area contributed by atoms with Gasteiger partial charge < -0.3 is 0 Å². The van der Waals surface area contributed by atoms with Gasteiger partial charge in [-0.05, 0) is 50.8 Å². The summed E-state index contributed by atoms with van der Waals surface area (Å²) in [5.41, 5.74) is 4.36. The Morgan fingerprint density at radius 1 is 0.222 bits per heavy atom. The lowest BCUT2D eigenvalue weighted by atomic mass is 10.4. The van der Waals surface area contributed by atoms with E-state index in [1.807, 2.05) is 0 Å². The van der Waals surface area contributed by atoms with E-state index in [4.69, 9.17) is 9.97 Å². The van der Waals surface area contributed by atoms with Crippen LogP contribution < -0.4 is 48.3 Å². The zero-order chi connectivity index (χ0) is 30.3. The fourth-order valence-corrected chi connectivity index (χ4v) is 12.1. The minimum absolute atomic E-state index is 0.820. The van der Waals surface area contributed by atoms with Crippen LogP contribution in [-0.4, -0.2) is 9.97 Å². The summed E-state index contributed by atoms with van der Waals surface area (Å²) in [7, 11) is -2.64. The van der Waals surface area contributed by atoms with Gasteiger partial charge in [-0.15, -0.1) is 0 Å². The van der Waals surface area contributed by atoms with E-state index in [1.165, 1.54) is 26.5 Å². The first kappa shape index (κ1) is 29.4. The number of benzene rings is 5. The van der Waals surface area contributed by atoms with Crippen molar-refractivity contribution in [2.24, 2.45) is 0 Å². The fourth-order valence-electron chi connectivity index (χ4n) is 5.42. The monoisotopic (exact) mass is 632 g/mol. The van der Waals surface area contributed by atoms with Gasteiger partial charge in [0, 0.05) is 23.8 Å². The molecule has 0 aliphatic rings. The normalized spacial score (nSPS) is 11.3. The van der Waals surface area contributed by atoms with Crippen LogP contribution in [0.15, 0.2) is 188 Å². The van der Waals surface area contributed by atoms with Crippen LogP contribution in [0.5, 0.6) is 0 Å². The van der Waals surface area contributed by atoms with E-state index in [2.05, 4.69) is 188 Å². The molecule has 0 spiro atoms. The molecule has 0 radical (unpaired) electrons. The quantitative estimate of drug-likeness (QED) is 0.190. The van der Waals surface area contributed by atoms with Crippen molar-refractivity contribution in [3.05, 3.63) is 188 Å². The molecule has 0 fully saturated rings. The van der Waals surface area contributed by atoms with E-state index in [-0.39, 0.29) is 0 Å². The largest absolute Gasteiger partial charge is 0.247 e. The summed E-state index contributed by atoms with van der Waals surface area (Å²) in [5, 5.41) is 6.43. The summed E-state index contributed by atoms with van der Waals surface area (Å²) in [4.78, 5) is 11.0. The molecule has 0 atom stereocenters. The average molecular weight is 633 g/mol. The summed E-state index contributed by atoms with van der Waals surface area (Å²) in [6, 6.07) is 67.1. The summed E-state index contributed by atoms with van der Waals surface area (Å²) < 4.78 is 0. The van der Waals surface area contributed by atoms with E-state index >= 15 is 0 Å². The maximum absolute atomic E-state index is 5.49. The molecule has 0 unspecified atom stereocenters. The number of aromatic nitrogens is 2. The zero-order valence-electron chi connectivity index (χ0n) is 24.6. The smallest absolute Gasteiger partial charge is 0.0745 e. The van der Waals surface area contributed by atoms with Gasteiger partial charge in [-0.1, -0.05) is 164 Å². The highest BCUT2D eigenvalue weighted by atomic mass is 31.1. The minimum Gasteiger partial charge on any atom is -0.247 e. The van der Waals surface area contributed by atoms with Crippen LogP contribution in [0.25, 0.3) is 0 Å². The Morgan fingerprint density at radius 2 is 0.444 bits per heavy atom. The topological polar surface area (TPSA) is 25.8 Å². The number of hydrogen-bond acceptors (Lipinski definition) is 2. The second-order valence-electron chi connectivity index (χ2n) is 10.4. The molecule has 5 heteroatoms. The first-order valence-corrected chi connectivity index (χ1v) is 19.0. The number of nitrogens with zero attached hydrogens (tertiary/aromatic N) is 2. The van der Waals surface area contributed by atoms with Crippen LogP contribution in [0.1, 0.15) is 0 Å². The van der Waals surface area contributed by atoms with Gasteiger partial charge in [-0.25, -0.2) is 9.97 Å². The number of rotatable bonds is 9. The Kier molecular flexibility index (Phi) is 9.28. The molecule has 0 amide bonds. The molecule has 2 heterocycles. The summed E-state index contributed by atoms with van der Waals surface area (Å²) in [6.07, 6.45) is 0. The molecule has 7 aromatic rings. The highest BCUT2D eigenvalue weighted by Gasteiger charge is 2.25. The van der Waals surface area contributed by atoms with Crippen molar-refractivity contribution in [1.82, 2.24) is 9.97 Å². The van der Waals surface area contributed by atoms with Gasteiger partial charge in [-0.3, -0.25) is 0 Å². The Balaban J connectivity index is 1.36. The van der Waals surface area contributed by atoms with Crippen molar-refractivity contribution in [1.29, 1.82) is 0 Å². The van der Waals surface area contributed by atoms with Crippen molar-refractivity contribution in [2.45, 2.75) is 0 Å². The van der Waals surface area contributed by atoms with Crippen LogP contribution in [-0.2, 0) is 0 Å². The second kappa shape index (κ2) is 14.2. The standard InChI is InChI=1S/C40H31N2P3/c1-6-18-32(19-7-1)43(33-20-8-2-9-21-33)37-28-16-30-39(41-37)45(36-26-14-5-15-27-36)40-31-17-29-38(42-40)44(34-22-10-3-11-23-34)35-24-12-4-13-25-35/h1-31H. The molecular formula is C40H31N2P3. The maximum atomic E-state index is 5.49. The predicted molar refractivity (Wildman–Crippen MR) is 198 cm³/mol. The van der Waals surface area contributed by atoms with Gasteiger partial charge >= 0.3 is 0 Å². The van der Waals surface area contributed by atoms with E-state index in [0.717, 1.165) is 21.7 Å². The van der Waals surface area contributed by atoms with Gasteiger partial charge in [-0.2, -0.15) is 0 Å². The maximum Gasteiger partial charge on any atom is 0.0745 e. The molecule has 2 nitrogen and oxygen atoms in total. The second-order valence-corrected chi connectivity index (χ2v) is 16.8. The van der Waals surface area contributed by atoms with E-state index in [0.29, 0.717) is 0 Å². The molecule has 45 heavy (non-hydrogen) atoms. The summed E-state index contributed by atoms with van der Waals surface area (Å²) >= 11 is 0. The lowest BCUT2D eigenvalue weighted by Gasteiger charge is -2.23. The minimum atomic E-state index is -1.01. The molecule has 0 bridgehead atoms. The molecule has 0 saturated heterocycles. The summed E-state index contributed by atoms with van der Waals surface area (Å²) in [6.45, 7) is 0. The van der Waals surface area contributed by atoms with Gasteiger partial charge in [0.2, 0.25) is 0 Å². The SMILES string of the molecule is c1ccc(P(c2ccccc2)c2cccc(P(c3ccccc3)c3cccc(P(c4ccccc4)c4ccccc4)n3)n2)cc1. The molecule has 7 rings (SSSR count). The van der Waals surface area contributed by atoms with Crippen molar-refractivity contribution < 1.29 is 0 Å². The molecular weight excluding hydrogens is 601 g/mol. The van der Waals surface area contributed by atoms with Crippen LogP contribution >= 0.6 is 23.8 Å². The molecule has 0 aliphatic carbocycles. The van der Waals surface area contributed by atoms with Gasteiger partial charge in [0.15, 0.2) is 0 Å². The van der Waals surface area contributed by atoms with Crippen LogP contribution in [0.3, 0.4) is 0 Å². The molecule has 5 aromatic carbocycles. The van der Waals surface area contributed by atoms with Crippen LogP contribution in [0.4, 0.5) is 0 Å². The molecule has 0 N–H and O–H groups in total. The number of pyridine rings is 2. The summed E-state index contributed by atoms with van der Waals surface area (Å²) in [5.74, 6) is 0. The Labute approximate surface area is 269 Å². The lowest BCUT2D eigenvalue weighted by Crippen LogP contribution is -2.33. The average Bonchev–Trinajstić information content (AvgIpc) is 3.12. The third-order valence-electron chi connectivity index (χ3n) is 7.43. The highest BCUT2D eigenvalue weighted by molar-refractivity contribution is 7.81. The number of hydrogen-bond donors (Lipinski definition) is 0. The highest BCUT2D eigenvalue weighted by Crippen LogP contribution is 2.36. The Hall–Kier alpha value is -4.31. The van der Waals surface area contributed by atoms with Crippen LogP contribution in [0.2, 0.25) is 0 Å². The molecule has 216 valence electrons. The molecule has 0 aliphatic heterocycles. The van der Waals surface area contributed by atoms with Crippen LogP contribution in [0, 0.1) is 0 Å². The zero-order valence-corrected chi connectivity index (χ0v) is 27.3. The fraction of sp³-hybridized carbons (Fsp3) is 0. The Morgan fingerprint density at radius 3 is 0.711 bits per heavy atom. The van der Waals surface area contributed by atoms with Crippen molar-refractivity contribution in [3.63, 3.8) is 0 Å². The van der Waals surface area contributed by atoms with Crippen molar-refractivity contribution in [3.8, 4) is 0 Å². The van der Waals surface area contributed by atoms with Gasteiger partial charge in [0.25, 0.3) is 0 Å². The lowest BCUT2D eigenvalue weighted by molar-refractivity contribution is 1.43. The van der Waals surface area contributed by atoms with E-state index in [9.17, 15) is 0 Å². The molecule has 0 saturated carbocycles. The van der Waals surface area contributed by atoms with Gasteiger partial charge in [0.05, 0.1) is 21.7 Å². The van der Waals surface area contributed by atoms with E-state index in [1.54, 1.807) is 0 Å². The predicted octanol–water partition coefficient (Wildman–Crippen LogP) is 5.75. The third kappa shape index (κ3) is 6.71. The first-order chi connectivity index (χ1) is 22.3. The van der Waals surface area contributed by atoms with Crippen molar-refractivity contribution >= 4 is 72.0 Å². The first-order valence-electron chi connectivity index (χ1n) is 14.9. The Bertz CT molecular complexity index is 1750. The molecule has 2 aromatic heterocycles. The van der Waals surface area contributed by atoms with Crippen molar-refractivity contribution in [2.75, 3.05) is 0 Å².